The van der Waals surface area contributed by atoms with Gasteiger partial charge in [0.25, 0.3) is 5.91 Å². The van der Waals surface area contributed by atoms with Gasteiger partial charge >= 0.3 is 0 Å². The van der Waals surface area contributed by atoms with Crippen molar-refractivity contribution >= 4 is 27.7 Å². The minimum absolute atomic E-state index is 0.0880. The topological polar surface area (TPSA) is 78.4 Å². The van der Waals surface area contributed by atoms with Crippen LogP contribution in [0.25, 0.3) is 0 Å². The van der Waals surface area contributed by atoms with E-state index in [9.17, 15) is 14.7 Å². The monoisotopic (exact) mass is 342 g/mol. The van der Waals surface area contributed by atoms with Crippen LogP contribution in [0.1, 0.15) is 30.6 Å². The van der Waals surface area contributed by atoms with Crippen molar-refractivity contribution in [1.82, 2.24) is 10.6 Å². The van der Waals surface area contributed by atoms with Crippen LogP contribution in [-0.2, 0) is 4.79 Å². The number of phenolic OH excluding ortho intramolecular Hbond substituents is 1. The molecular formula is C14H19BrN2O3. The zero-order valence-corrected chi connectivity index (χ0v) is 13.2. The van der Waals surface area contributed by atoms with Gasteiger partial charge in [-0.15, -0.1) is 0 Å². The molecule has 20 heavy (non-hydrogen) atoms. The van der Waals surface area contributed by atoms with Gasteiger partial charge in [0, 0.05) is 24.0 Å². The number of aromatic hydroxyl groups is 1. The fourth-order valence-corrected chi connectivity index (χ4v) is 1.84. The normalized spacial score (nSPS) is 10.4. The molecule has 0 radical (unpaired) electrons. The first-order valence-electron chi connectivity index (χ1n) is 6.43. The van der Waals surface area contributed by atoms with Crippen LogP contribution >= 0.6 is 15.9 Å². The Labute approximate surface area is 126 Å². The lowest BCUT2D eigenvalue weighted by molar-refractivity contribution is -0.121. The van der Waals surface area contributed by atoms with Gasteiger partial charge in [0.05, 0.1) is 5.56 Å². The number of rotatable bonds is 6. The smallest absolute Gasteiger partial charge is 0.255 e. The molecule has 1 aromatic carbocycles. The number of nitrogens with one attached hydrogen (secondary N) is 2. The van der Waals surface area contributed by atoms with Crippen LogP contribution in [0, 0.1) is 5.92 Å². The van der Waals surface area contributed by atoms with Crippen molar-refractivity contribution in [2.75, 3.05) is 13.1 Å². The third-order valence-electron chi connectivity index (χ3n) is 2.55. The molecule has 110 valence electrons. The highest BCUT2D eigenvalue weighted by atomic mass is 79.9. The largest absolute Gasteiger partial charge is 0.507 e. The average Bonchev–Trinajstić information content (AvgIpc) is 2.39. The molecule has 0 aliphatic carbocycles. The number of hydrogen-bond acceptors (Lipinski definition) is 3. The van der Waals surface area contributed by atoms with Crippen molar-refractivity contribution in [3.63, 3.8) is 0 Å². The van der Waals surface area contributed by atoms with E-state index in [1.807, 2.05) is 13.8 Å². The van der Waals surface area contributed by atoms with Gasteiger partial charge in [0.15, 0.2) is 0 Å². The second-order valence-corrected chi connectivity index (χ2v) is 5.78. The van der Waals surface area contributed by atoms with Crippen LogP contribution in [0.2, 0.25) is 0 Å². The Morgan fingerprint density at radius 2 is 2.00 bits per heavy atom. The van der Waals surface area contributed by atoms with E-state index in [2.05, 4.69) is 26.6 Å². The van der Waals surface area contributed by atoms with Gasteiger partial charge in [-0.1, -0.05) is 29.8 Å². The molecule has 1 rings (SSSR count). The first kappa shape index (κ1) is 16.5. The maximum atomic E-state index is 11.8. The highest BCUT2D eigenvalue weighted by Gasteiger charge is 2.11. The molecule has 0 saturated heterocycles. The van der Waals surface area contributed by atoms with Crippen LogP contribution < -0.4 is 10.6 Å². The lowest BCUT2D eigenvalue weighted by atomic mass is 10.2. The van der Waals surface area contributed by atoms with Crippen LogP contribution in [0.15, 0.2) is 22.7 Å². The van der Waals surface area contributed by atoms with E-state index in [-0.39, 0.29) is 30.2 Å². The molecule has 0 aromatic heterocycles. The van der Waals surface area contributed by atoms with Gasteiger partial charge in [-0.05, 0) is 24.1 Å². The van der Waals surface area contributed by atoms with Gasteiger partial charge in [-0.2, -0.15) is 0 Å². The van der Waals surface area contributed by atoms with Gasteiger partial charge in [0.1, 0.15) is 5.75 Å². The number of hydrogen-bond donors (Lipinski definition) is 3. The van der Waals surface area contributed by atoms with Crippen molar-refractivity contribution in [3.8, 4) is 5.75 Å². The summed E-state index contributed by atoms with van der Waals surface area (Å²) in [5, 5.41) is 15.0. The number of carbonyl (C=O) groups excluding carboxylic acids is 2. The summed E-state index contributed by atoms with van der Waals surface area (Å²) in [6.07, 6.45) is 0.216. The van der Waals surface area contributed by atoms with E-state index in [1.165, 1.54) is 12.1 Å². The molecule has 1 aromatic rings. The standard InChI is InChI=1S/C14H19BrN2O3/c1-9(2)8-17-13(19)5-6-16-14(20)11-7-10(15)3-4-12(11)18/h3-4,7,9,18H,5-6,8H2,1-2H3,(H,16,20)(H,17,19). The maximum Gasteiger partial charge on any atom is 0.255 e. The summed E-state index contributed by atoms with van der Waals surface area (Å²) in [5.74, 6) is -0.194. The van der Waals surface area contributed by atoms with Gasteiger partial charge < -0.3 is 15.7 Å². The van der Waals surface area contributed by atoms with Crippen molar-refractivity contribution < 1.29 is 14.7 Å². The van der Waals surface area contributed by atoms with Crippen molar-refractivity contribution in [3.05, 3.63) is 28.2 Å². The van der Waals surface area contributed by atoms with Crippen LogP contribution in [0.4, 0.5) is 0 Å². The second kappa shape index (κ2) is 7.89. The van der Waals surface area contributed by atoms with Crippen LogP contribution in [0.5, 0.6) is 5.75 Å². The Morgan fingerprint density at radius 3 is 2.65 bits per heavy atom. The fraction of sp³-hybridized carbons (Fsp3) is 0.429. The Hall–Kier alpha value is -1.56. The first-order valence-corrected chi connectivity index (χ1v) is 7.23. The summed E-state index contributed by atoms with van der Waals surface area (Å²) in [7, 11) is 0. The van der Waals surface area contributed by atoms with E-state index in [1.54, 1.807) is 6.07 Å². The molecule has 6 heteroatoms. The third-order valence-corrected chi connectivity index (χ3v) is 3.04. The highest BCUT2D eigenvalue weighted by Crippen LogP contribution is 2.21. The van der Waals surface area contributed by atoms with E-state index >= 15 is 0 Å². The van der Waals surface area contributed by atoms with Crippen molar-refractivity contribution in [2.45, 2.75) is 20.3 Å². The fourth-order valence-electron chi connectivity index (χ4n) is 1.48. The minimum atomic E-state index is -0.402. The second-order valence-electron chi connectivity index (χ2n) is 4.87. The van der Waals surface area contributed by atoms with Crippen LogP contribution in [-0.4, -0.2) is 30.0 Å². The predicted octanol–water partition coefficient (Wildman–Crippen LogP) is 2.05. The number of benzene rings is 1. The highest BCUT2D eigenvalue weighted by molar-refractivity contribution is 9.10. The van der Waals surface area contributed by atoms with E-state index in [0.29, 0.717) is 16.9 Å². The number of phenols is 1. The summed E-state index contributed by atoms with van der Waals surface area (Å²) in [4.78, 5) is 23.3. The van der Waals surface area contributed by atoms with Crippen LogP contribution in [0.3, 0.4) is 0 Å². The summed E-state index contributed by atoms with van der Waals surface area (Å²) >= 11 is 3.23. The molecule has 0 unspecified atom stereocenters. The number of carbonyl (C=O) groups is 2. The Kier molecular flexibility index (Phi) is 6.51. The van der Waals surface area contributed by atoms with E-state index < -0.39 is 5.91 Å². The molecule has 0 saturated carbocycles. The predicted molar refractivity (Wildman–Crippen MR) is 80.6 cm³/mol. The summed E-state index contributed by atoms with van der Waals surface area (Å²) in [5.41, 5.74) is 0.182. The molecule has 3 N–H and O–H groups in total. The quantitative estimate of drug-likeness (QED) is 0.740. The molecule has 0 spiro atoms. The zero-order chi connectivity index (χ0) is 15.1. The maximum absolute atomic E-state index is 11.8. The molecular weight excluding hydrogens is 324 g/mol. The minimum Gasteiger partial charge on any atom is -0.507 e. The lowest BCUT2D eigenvalue weighted by Crippen LogP contribution is -2.32. The Balaban J connectivity index is 2.40. The summed E-state index contributed by atoms with van der Waals surface area (Å²) < 4.78 is 0.704. The average molecular weight is 343 g/mol. The van der Waals surface area contributed by atoms with Gasteiger partial charge in [-0.25, -0.2) is 0 Å². The Bertz CT molecular complexity index is 489. The molecule has 5 nitrogen and oxygen atoms in total. The molecule has 0 atom stereocenters. The number of amides is 2. The van der Waals surface area contributed by atoms with Gasteiger partial charge in [0.2, 0.25) is 5.91 Å². The molecule has 0 aliphatic rings. The lowest BCUT2D eigenvalue weighted by Gasteiger charge is -2.09. The number of halogens is 1. The molecule has 0 heterocycles. The molecule has 0 fully saturated rings. The summed E-state index contributed by atoms with van der Waals surface area (Å²) in [6.45, 7) is 4.88. The SMILES string of the molecule is CC(C)CNC(=O)CCNC(=O)c1cc(Br)ccc1O. The van der Waals surface area contributed by atoms with E-state index in [0.717, 1.165) is 0 Å². The molecule has 0 bridgehead atoms. The zero-order valence-electron chi connectivity index (χ0n) is 11.6. The van der Waals surface area contributed by atoms with E-state index in [4.69, 9.17) is 0 Å². The molecule has 0 aliphatic heterocycles. The van der Waals surface area contributed by atoms with Crippen molar-refractivity contribution in [1.29, 1.82) is 0 Å². The van der Waals surface area contributed by atoms with Gasteiger partial charge in [-0.3, -0.25) is 9.59 Å². The summed E-state index contributed by atoms with van der Waals surface area (Å²) in [6, 6.07) is 4.61. The van der Waals surface area contributed by atoms with Crippen molar-refractivity contribution in [2.24, 2.45) is 5.92 Å². The third kappa shape index (κ3) is 5.61. The first-order chi connectivity index (χ1) is 9.40. The Morgan fingerprint density at radius 1 is 1.30 bits per heavy atom. The molecule has 2 amide bonds.